The molecule has 7 nitrogen and oxygen atoms in total. The Labute approximate surface area is 139 Å². The number of nitrogens with one attached hydrogen (secondary N) is 2. The molecule has 10 heteroatoms. The topological polar surface area (TPSA) is 117 Å². The van der Waals surface area contributed by atoms with E-state index in [1.807, 2.05) is 0 Å². The monoisotopic (exact) mass is 358 g/mol. The summed E-state index contributed by atoms with van der Waals surface area (Å²) >= 11 is 1.29. The van der Waals surface area contributed by atoms with Crippen molar-refractivity contribution in [3.05, 3.63) is 21.9 Å². The number of carboxylic acid groups (broad SMARTS) is 1. The number of carbonyl (C=O) groups excluding carboxylic acids is 1. The van der Waals surface area contributed by atoms with E-state index in [9.17, 15) is 18.4 Å². The number of alkyl halides is 2. The number of rotatable bonds is 4. The number of halogens is 2. The Balaban J connectivity index is 1.53. The summed E-state index contributed by atoms with van der Waals surface area (Å²) in [5.74, 6) is -3.11. The van der Waals surface area contributed by atoms with Crippen molar-refractivity contribution < 1.29 is 23.5 Å². The maximum Gasteiger partial charge on any atom is 0.433 e. The Hall–Kier alpha value is -2.07. The lowest BCUT2D eigenvalue weighted by Gasteiger charge is -2.10. The van der Waals surface area contributed by atoms with Crippen molar-refractivity contribution in [2.24, 2.45) is 16.1 Å². The number of hydrogen-bond acceptors (Lipinski definition) is 4. The van der Waals surface area contributed by atoms with Gasteiger partial charge in [0, 0.05) is 28.8 Å². The molecule has 0 radical (unpaired) electrons. The molecule has 1 saturated heterocycles. The second-order valence-corrected chi connectivity index (χ2v) is 7.09. The molecule has 2 heterocycles. The zero-order valence-electron chi connectivity index (χ0n) is 12.5. The van der Waals surface area contributed by atoms with Crippen LogP contribution in [-0.2, 0) is 11.3 Å². The fourth-order valence-electron chi connectivity index (χ4n) is 2.91. The highest BCUT2D eigenvalue weighted by Gasteiger charge is 2.73. The minimum Gasteiger partial charge on any atom is -0.463 e. The maximum atomic E-state index is 13.3. The zero-order valence-corrected chi connectivity index (χ0v) is 13.3. The standard InChI is InChI=1S/C14H16F2N4O3S/c15-14(16)5-13(14)2-9(19-6-13)11(21)18-3-8-1-7(4-24-8)10(17)20-12(22)23/h1,4,9,19H,2-3,5-6H2,(H2,17,20)(H,18,21)(H,22,23)/t9-,13-/m0/s1. The highest BCUT2D eigenvalue weighted by Crippen LogP contribution is 2.64. The molecular formula is C14H16F2N4O3S. The summed E-state index contributed by atoms with van der Waals surface area (Å²) in [5, 5.41) is 15.7. The van der Waals surface area contributed by atoms with Crippen molar-refractivity contribution in [1.29, 1.82) is 0 Å². The number of amides is 2. The van der Waals surface area contributed by atoms with Crippen LogP contribution in [0, 0.1) is 5.41 Å². The average molecular weight is 358 g/mol. The van der Waals surface area contributed by atoms with Gasteiger partial charge in [-0.2, -0.15) is 4.99 Å². The predicted octanol–water partition coefficient (Wildman–Crippen LogP) is 1.13. The SMILES string of the molecule is NC(=NC(=O)O)c1csc(CNC(=O)[C@@H]2C[C@@]3(CN2)CC3(F)F)c1. The van der Waals surface area contributed by atoms with Gasteiger partial charge in [-0.1, -0.05) is 0 Å². The van der Waals surface area contributed by atoms with Gasteiger partial charge in [0.25, 0.3) is 5.92 Å². The van der Waals surface area contributed by atoms with Crippen molar-refractivity contribution in [2.75, 3.05) is 6.54 Å². The smallest absolute Gasteiger partial charge is 0.433 e. The second kappa shape index (κ2) is 5.78. The second-order valence-electron chi connectivity index (χ2n) is 6.10. The highest BCUT2D eigenvalue weighted by molar-refractivity contribution is 7.10. The fourth-order valence-corrected chi connectivity index (χ4v) is 3.72. The molecule has 1 aromatic heterocycles. The Morgan fingerprint density at radius 1 is 1.54 bits per heavy atom. The van der Waals surface area contributed by atoms with Gasteiger partial charge in [-0.25, -0.2) is 13.6 Å². The average Bonchev–Trinajstić information content (AvgIpc) is 2.93. The minimum atomic E-state index is -2.67. The zero-order chi connectivity index (χ0) is 17.5. The molecule has 1 aromatic rings. The van der Waals surface area contributed by atoms with Gasteiger partial charge in [0.1, 0.15) is 5.84 Å². The fraction of sp³-hybridized carbons (Fsp3) is 0.500. The summed E-state index contributed by atoms with van der Waals surface area (Å²) < 4.78 is 26.6. The summed E-state index contributed by atoms with van der Waals surface area (Å²) in [6.07, 6.45) is -1.40. The molecule has 1 aliphatic heterocycles. The first-order valence-corrected chi connectivity index (χ1v) is 8.14. The summed E-state index contributed by atoms with van der Waals surface area (Å²) in [4.78, 5) is 26.5. The van der Waals surface area contributed by atoms with E-state index in [-0.39, 0.29) is 37.7 Å². The predicted molar refractivity (Wildman–Crippen MR) is 83.3 cm³/mol. The van der Waals surface area contributed by atoms with Gasteiger partial charge >= 0.3 is 6.09 Å². The van der Waals surface area contributed by atoms with Crippen LogP contribution in [0.25, 0.3) is 0 Å². The number of amidine groups is 1. The van der Waals surface area contributed by atoms with Crippen LogP contribution in [0.5, 0.6) is 0 Å². The van der Waals surface area contributed by atoms with E-state index in [4.69, 9.17) is 10.8 Å². The van der Waals surface area contributed by atoms with Crippen LogP contribution in [0.2, 0.25) is 0 Å². The molecular weight excluding hydrogens is 342 g/mol. The van der Waals surface area contributed by atoms with Gasteiger partial charge in [0.2, 0.25) is 5.91 Å². The summed E-state index contributed by atoms with van der Waals surface area (Å²) in [6, 6.07) is 1.02. The lowest BCUT2D eigenvalue weighted by Crippen LogP contribution is -2.39. The molecule has 2 fully saturated rings. The Kier molecular flexibility index (Phi) is 4.04. The lowest BCUT2D eigenvalue weighted by atomic mass is 10.0. The number of hydrogen-bond donors (Lipinski definition) is 4. The van der Waals surface area contributed by atoms with Crippen molar-refractivity contribution in [3.8, 4) is 0 Å². The highest BCUT2D eigenvalue weighted by atomic mass is 32.1. The van der Waals surface area contributed by atoms with Gasteiger partial charge in [0.15, 0.2) is 0 Å². The third kappa shape index (κ3) is 3.11. The number of aliphatic imine (C=N–C) groups is 1. The summed E-state index contributed by atoms with van der Waals surface area (Å²) in [7, 11) is 0. The van der Waals surface area contributed by atoms with Crippen molar-refractivity contribution in [1.82, 2.24) is 10.6 Å². The molecule has 1 saturated carbocycles. The van der Waals surface area contributed by atoms with Crippen LogP contribution in [0.3, 0.4) is 0 Å². The molecule has 1 spiro atoms. The molecule has 130 valence electrons. The minimum absolute atomic E-state index is 0.119. The van der Waals surface area contributed by atoms with E-state index in [1.165, 1.54) is 11.3 Å². The van der Waals surface area contributed by atoms with Crippen LogP contribution >= 0.6 is 11.3 Å². The Bertz CT molecular complexity index is 721. The molecule has 2 aliphatic rings. The Morgan fingerprint density at radius 3 is 2.83 bits per heavy atom. The molecule has 3 rings (SSSR count). The molecule has 1 aliphatic carbocycles. The molecule has 5 N–H and O–H groups in total. The van der Waals surface area contributed by atoms with Gasteiger partial charge in [-0.15, -0.1) is 11.3 Å². The quantitative estimate of drug-likeness (QED) is 0.476. The van der Waals surface area contributed by atoms with Crippen LogP contribution in [0.15, 0.2) is 16.4 Å². The first-order chi connectivity index (χ1) is 11.2. The van der Waals surface area contributed by atoms with Crippen LogP contribution in [-0.4, -0.2) is 41.5 Å². The van der Waals surface area contributed by atoms with Gasteiger partial charge in [0.05, 0.1) is 18.0 Å². The van der Waals surface area contributed by atoms with Crippen molar-refractivity contribution >= 4 is 29.2 Å². The number of carbonyl (C=O) groups is 2. The van der Waals surface area contributed by atoms with Gasteiger partial charge < -0.3 is 21.5 Å². The van der Waals surface area contributed by atoms with Gasteiger partial charge in [-0.3, -0.25) is 4.79 Å². The van der Waals surface area contributed by atoms with Crippen LogP contribution in [0.1, 0.15) is 23.3 Å². The molecule has 24 heavy (non-hydrogen) atoms. The third-order valence-corrected chi connectivity index (χ3v) is 5.35. The first kappa shape index (κ1) is 16.8. The van der Waals surface area contributed by atoms with Crippen LogP contribution in [0.4, 0.5) is 13.6 Å². The summed E-state index contributed by atoms with van der Waals surface area (Å²) in [6.45, 7) is 0.370. The molecule has 2 amide bonds. The van der Waals surface area contributed by atoms with E-state index >= 15 is 0 Å². The maximum absolute atomic E-state index is 13.3. The number of nitrogens with zero attached hydrogens (tertiary/aromatic N) is 1. The van der Waals surface area contributed by atoms with E-state index in [0.29, 0.717) is 5.56 Å². The van der Waals surface area contributed by atoms with Crippen LogP contribution < -0.4 is 16.4 Å². The molecule has 0 unspecified atom stereocenters. The number of nitrogens with two attached hydrogens (primary N) is 1. The first-order valence-electron chi connectivity index (χ1n) is 7.26. The van der Waals surface area contributed by atoms with E-state index < -0.39 is 23.5 Å². The number of thiophene rings is 1. The summed E-state index contributed by atoms with van der Waals surface area (Å²) in [5.41, 5.74) is 4.95. The van der Waals surface area contributed by atoms with E-state index in [0.717, 1.165) is 4.88 Å². The van der Waals surface area contributed by atoms with E-state index in [1.54, 1.807) is 11.4 Å². The van der Waals surface area contributed by atoms with Crippen molar-refractivity contribution in [2.45, 2.75) is 31.4 Å². The lowest BCUT2D eigenvalue weighted by molar-refractivity contribution is -0.123. The molecule has 0 aromatic carbocycles. The van der Waals surface area contributed by atoms with E-state index in [2.05, 4.69) is 15.6 Å². The molecule has 2 atom stereocenters. The Morgan fingerprint density at radius 2 is 2.25 bits per heavy atom. The third-order valence-electron chi connectivity index (χ3n) is 4.41. The van der Waals surface area contributed by atoms with Gasteiger partial charge in [-0.05, 0) is 12.5 Å². The largest absolute Gasteiger partial charge is 0.463 e. The normalized spacial score (nSPS) is 28.1. The molecule has 0 bridgehead atoms. The van der Waals surface area contributed by atoms with Crippen molar-refractivity contribution in [3.63, 3.8) is 0 Å².